The third kappa shape index (κ3) is 3.11. The van der Waals surface area contributed by atoms with Crippen LogP contribution in [0.4, 0.5) is 4.39 Å². The molecule has 3 N–H and O–H groups in total. The molecule has 2 atom stereocenters. The Morgan fingerprint density at radius 3 is 2.84 bits per heavy atom. The number of rotatable bonds is 4. The number of hydrogen-bond acceptors (Lipinski definition) is 4. The Morgan fingerprint density at radius 2 is 2.26 bits per heavy atom. The van der Waals surface area contributed by atoms with Crippen molar-refractivity contribution in [2.75, 3.05) is 6.61 Å². The molecule has 0 bridgehead atoms. The molecule has 1 aromatic carbocycles. The summed E-state index contributed by atoms with van der Waals surface area (Å²) < 4.78 is 45.6. The van der Waals surface area contributed by atoms with Gasteiger partial charge in [0.25, 0.3) is 0 Å². The summed E-state index contributed by atoms with van der Waals surface area (Å²) in [6.07, 6.45) is 0.415. The minimum Gasteiger partial charge on any atom is -0.377 e. The molecule has 19 heavy (non-hydrogen) atoms. The zero-order valence-corrected chi connectivity index (χ0v) is 11.4. The number of hydrogen-bond donors (Lipinski definition) is 2. The van der Waals surface area contributed by atoms with Crippen LogP contribution in [0.2, 0.25) is 0 Å². The van der Waals surface area contributed by atoms with Crippen LogP contribution in [-0.4, -0.2) is 27.2 Å². The second kappa shape index (κ2) is 5.54. The molecule has 7 heteroatoms. The summed E-state index contributed by atoms with van der Waals surface area (Å²) in [6, 6.07) is 3.28. The molecule has 0 saturated carbocycles. The van der Waals surface area contributed by atoms with Gasteiger partial charge in [0.15, 0.2) is 0 Å². The number of nitrogens with one attached hydrogen (secondary N) is 1. The second-order valence-corrected chi connectivity index (χ2v) is 6.23. The summed E-state index contributed by atoms with van der Waals surface area (Å²) in [6.45, 7) is 2.35. The van der Waals surface area contributed by atoms with E-state index < -0.39 is 15.8 Å². The first-order valence-corrected chi connectivity index (χ1v) is 7.55. The molecule has 1 fully saturated rings. The number of nitrogens with two attached hydrogens (primary N) is 1. The molecular weight excluding hydrogens is 271 g/mol. The molecule has 0 radical (unpaired) electrons. The normalized spacial score (nSPS) is 23.7. The number of ether oxygens (including phenoxy) is 1. The molecule has 1 aliphatic heterocycles. The van der Waals surface area contributed by atoms with Crippen molar-refractivity contribution in [2.24, 2.45) is 5.73 Å². The quantitative estimate of drug-likeness (QED) is 0.856. The lowest BCUT2D eigenvalue weighted by atomic mass is 10.2. The Hall–Kier alpha value is -1.02. The van der Waals surface area contributed by atoms with Gasteiger partial charge >= 0.3 is 0 Å². The fourth-order valence-electron chi connectivity index (χ4n) is 2.10. The molecule has 0 amide bonds. The SMILES string of the molecule is CC1OCCC1NS(=O)(=O)c1cc(F)ccc1CN. The van der Waals surface area contributed by atoms with Crippen LogP contribution in [0.1, 0.15) is 18.9 Å². The fourth-order valence-corrected chi connectivity index (χ4v) is 3.70. The average Bonchev–Trinajstić information content (AvgIpc) is 2.74. The van der Waals surface area contributed by atoms with Gasteiger partial charge in [-0.3, -0.25) is 0 Å². The monoisotopic (exact) mass is 288 g/mol. The van der Waals surface area contributed by atoms with Crippen LogP contribution in [0.25, 0.3) is 0 Å². The van der Waals surface area contributed by atoms with Gasteiger partial charge in [-0.15, -0.1) is 0 Å². The summed E-state index contributed by atoms with van der Waals surface area (Å²) in [5, 5.41) is 0. The average molecular weight is 288 g/mol. The maximum Gasteiger partial charge on any atom is 0.241 e. The van der Waals surface area contributed by atoms with Gasteiger partial charge < -0.3 is 10.5 Å². The van der Waals surface area contributed by atoms with Crippen LogP contribution in [0.15, 0.2) is 23.1 Å². The number of halogens is 1. The van der Waals surface area contributed by atoms with Crippen molar-refractivity contribution in [1.29, 1.82) is 0 Å². The van der Waals surface area contributed by atoms with Gasteiger partial charge in [0.1, 0.15) is 5.82 Å². The molecular formula is C12H17FN2O3S. The lowest BCUT2D eigenvalue weighted by molar-refractivity contribution is 0.117. The molecule has 5 nitrogen and oxygen atoms in total. The molecule has 2 rings (SSSR count). The summed E-state index contributed by atoms with van der Waals surface area (Å²) in [5.41, 5.74) is 5.88. The smallest absolute Gasteiger partial charge is 0.241 e. The van der Waals surface area contributed by atoms with Crippen molar-refractivity contribution in [2.45, 2.75) is 36.9 Å². The van der Waals surface area contributed by atoms with E-state index in [0.29, 0.717) is 18.6 Å². The van der Waals surface area contributed by atoms with Crippen LogP contribution in [-0.2, 0) is 21.3 Å². The van der Waals surface area contributed by atoms with Crippen molar-refractivity contribution < 1.29 is 17.5 Å². The van der Waals surface area contributed by atoms with Gasteiger partial charge in [-0.2, -0.15) is 0 Å². The largest absolute Gasteiger partial charge is 0.377 e. The first kappa shape index (κ1) is 14.4. The van der Waals surface area contributed by atoms with E-state index in [4.69, 9.17) is 10.5 Å². The van der Waals surface area contributed by atoms with E-state index in [1.165, 1.54) is 12.1 Å². The van der Waals surface area contributed by atoms with E-state index in [2.05, 4.69) is 4.72 Å². The van der Waals surface area contributed by atoms with Crippen molar-refractivity contribution >= 4 is 10.0 Å². The standard InChI is InChI=1S/C12H17FN2O3S/c1-8-11(4-5-18-8)15-19(16,17)12-6-10(13)3-2-9(12)7-14/h2-3,6,8,11,15H,4-5,7,14H2,1H3. The van der Waals surface area contributed by atoms with E-state index in [9.17, 15) is 12.8 Å². The van der Waals surface area contributed by atoms with E-state index in [1.807, 2.05) is 0 Å². The zero-order chi connectivity index (χ0) is 14.0. The van der Waals surface area contributed by atoms with E-state index in [0.717, 1.165) is 6.07 Å². The van der Waals surface area contributed by atoms with Crippen LogP contribution in [0, 0.1) is 5.82 Å². The molecule has 0 aliphatic carbocycles. The summed E-state index contributed by atoms with van der Waals surface area (Å²) >= 11 is 0. The maximum atomic E-state index is 13.2. The van der Waals surface area contributed by atoms with Gasteiger partial charge in [0, 0.05) is 13.2 Å². The van der Waals surface area contributed by atoms with E-state index in [-0.39, 0.29) is 23.6 Å². The lowest BCUT2D eigenvalue weighted by Gasteiger charge is -2.17. The highest BCUT2D eigenvalue weighted by molar-refractivity contribution is 7.89. The highest BCUT2D eigenvalue weighted by Gasteiger charge is 2.30. The molecule has 1 saturated heterocycles. The Morgan fingerprint density at radius 1 is 1.53 bits per heavy atom. The molecule has 1 aromatic rings. The minimum absolute atomic E-state index is 0.0350. The fraction of sp³-hybridized carbons (Fsp3) is 0.500. The minimum atomic E-state index is -3.79. The van der Waals surface area contributed by atoms with Gasteiger partial charge in [-0.25, -0.2) is 17.5 Å². The third-order valence-corrected chi connectivity index (χ3v) is 4.79. The van der Waals surface area contributed by atoms with Gasteiger partial charge in [-0.05, 0) is 31.0 Å². The number of benzene rings is 1. The first-order chi connectivity index (χ1) is 8.94. The molecule has 1 heterocycles. The third-order valence-electron chi connectivity index (χ3n) is 3.22. The molecule has 0 spiro atoms. The highest BCUT2D eigenvalue weighted by Crippen LogP contribution is 2.20. The molecule has 1 aliphatic rings. The van der Waals surface area contributed by atoms with E-state index in [1.54, 1.807) is 6.92 Å². The Bertz CT molecular complexity index is 562. The van der Waals surface area contributed by atoms with Gasteiger partial charge in [0.05, 0.1) is 17.0 Å². The Labute approximate surface area is 112 Å². The van der Waals surface area contributed by atoms with Crippen molar-refractivity contribution in [1.82, 2.24) is 4.72 Å². The topological polar surface area (TPSA) is 81.4 Å². The van der Waals surface area contributed by atoms with Gasteiger partial charge in [-0.1, -0.05) is 6.07 Å². The predicted molar refractivity (Wildman–Crippen MR) is 68.4 cm³/mol. The molecule has 0 aromatic heterocycles. The van der Waals surface area contributed by atoms with Crippen LogP contribution >= 0.6 is 0 Å². The summed E-state index contributed by atoms with van der Waals surface area (Å²) in [4.78, 5) is -0.103. The predicted octanol–water partition coefficient (Wildman–Crippen LogP) is 0.740. The Balaban J connectivity index is 2.31. The summed E-state index contributed by atoms with van der Waals surface area (Å²) in [5.74, 6) is -0.603. The Kier molecular flexibility index (Phi) is 4.19. The van der Waals surface area contributed by atoms with Crippen molar-refractivity contribution in [3.05, 3.63) is 29.6 Å². The zero-order valence-electron chi connectivity index (χ0n) is 10.6. The van der Waals surface area contributed by atoms with Crippen LogP contribution in [0.5, 0.6) is 0 Å². The molecule has 106 valence electrons. The summed E-state index contributed by atoms with van der Waals surface area (Å²) in [7, 11) is -3.79. The first-order valence-electron chi connectivity index (χ1n) is 6.06. The maximum absolute atomic E-state index is 13.2. The van der Waals surface area contributed by atoms with Crippen LogP contribution < -0.4 is 10.5 Å². The molecule has 2 unspecified atom stereocenters. The second-order valence-electron chi connectivity index (χ2n) is 4.55. The van der Waals surface area contributed by atoms with Crippen LogP contribution in [0.3, 0.4) is 0 Å². The van der Waals surface area contributed by atoms with Gasteiger partial charge in [0.2, 0.25) is 10.0 Å². The van der Waals surface area contributed by atoms with Crippen molar-refractivity contribution in [3.63, 3.8) is 0 Å². The highest BCUT2D eigenvalue weighted by atomic mass is 32.2. The van der Waals surface area contributed by atoms with Crippen molar-refractivity contribution in [3.8, 4) is 0 Å². The number of sulfonamides is 1. The van der Waals surface area contributed by atoms with E-state index >= 15 is 0 Å². The lowest BCUT2D eigenvalue weighted by Crippen LogP contribution is -2.39.